The maximum atomic E-state index is 12.0. The molecule has 3 N–H and O–H groups in total. The van der Waals surface area contributed by atoms with Crippen molar-refractivity contribution in [1.82, 2.24) is 19.7 Å². The molecule has 0 saturated carbocycles. The summed E-state index contributed by atoms with van der Waals surface area (Å²) < 4.78 is 36.2. The van der Waals surface area contributed by atoms with Crippen LogP contribution in [0.25, 0.3) is 5.70 Å². The molecule has 3 heterocycles. The number of amides is 3. The normalized spacial score (nSPS) is 20.8. The van der Waals surface area contributed by atoms with Gasteiger partial charge in [-0.1, -0.05) is 0 Å². The fourth-order valence-electron chi connectivity index (χ4n) is 2.51. The Balaban J connectivity index is 1.83. The molecule has 3 amide bonds. The summed E-state index contributed by atoms with van der Waals surface area (Å²) >= 11 is 0. The third kappa shape index (κ3) is 3.18. The van der Waals surface area contributed by atoms with Crippen molar-refractivity contribution in [2.24, 2.45) is 5.73 Å². The maximum absolute atomic E-state index is 12.0. The van der Waals surface area contributed by atoms with Crippen LogP contribution in [0.4, 0.5) is 4.79 Å². The topological polar surface area (TPSA) is 148 Å². The van der Waals surface area contributed by atoms with Gasteiger partial charge in [0, 0.05) is 12.7 Å². The summed E-state index contributed by atoms with van der Waals surface area (Å²) in [5, 5.41) is 4.77. The first-order valence-electron chi connectivity index (χ1n) is 6.52. The number of primary amides is 1. The number of hydrogen-bond donors (Lipinski definition) is 2. The molecule has 1 saturated heterocycles. The Kier molecular flexibility index (Phi) is 3.58. The fraction of sp³-hybridized carbons (Fsp3) is 0.364. The minimum Gasteiger partial charge on any atom is -0.369 e. The van der Waals surface area contributed by atoms with E-state index in [2.05, 4.69) is 9.38 Å². The largest absolute Gasteiger partial charge is 0.418 e. The maximum Gasteiger partial charge on any atom is 0.418 e. The first-order valence-corrected chi connectivity index (χ1v) is 7.88. The molecule has 1 atom stereocenters. The highest BCUT2D eigenvalue weighted by Crippen LogP contribution is 2.27. The molecule has 0 radical (unpaired) electrons. The monoisotopic (exact) mass is 343 g/mol. The van der Waals surface area contributed by atoms with E-state index in [-0.39, 0.29) is 19.5 Å². The van der Waals surface area contributed by atoms with Gasteiger partial charge in [0.05, 0.1) is 24.4 Å². The molecule has 1 aromatic rings. The number of fused-ring (bicyclic) bond motifs is 2. The van der Waals surface area contributed by atoms with Gasteiger partial charge in [0.2, 0.25) is 5.91 Å². The quantitative estimate of drug-likeness (QED) is 0.625. The second kappa shape index (κ2) is 5.33. The zero-order valence-corrected chi connectivity index (χ0v) is 12.5. The predicted octanol–water partition coefficient (Wildman–Crippen LogP) is -1.39. The molecule has 11 nitrogen and oxygen atoms in total. The Morgan fingerprint density at radius 2 is 2.26 bits per heavy atom. The molecule has 1 aromatic heterocycles. The summed E-state index contributed by atoms with van der Waals surface area (Å²) in [5.74, 6) is -0.514. The van der Waals surface area contributed by atoms with Crippen molar-refractivity contribution in [3.05, 3.63) is 24.0 Å². The Morgan fingerprint density at radius 1 is 1.52 bits per heavy atom. The van der Waals surface area contributed by atoms with Gasteiger partial charge in [-0.25, -0.2) is 9.48 Å². The van der Waals surface area contributed by atoms with Crippen molar-refractivity contribution in [3.8, 4) is 0 Å². The van der Waals surface area contributed by atoms with Crippen LogP contribution in [0.2, 0.25) is 0 Å². The Morgan fingerprint density at radius 3 is 2.91 bits per heavy atom. The van der Waals surface area contributed by atoms with Gasteiger partial charge in [-0.2, -0.15) is 18.6 Å². The van der Waals surface area contributed by atoms with Crippen molar-refractivity contribution in [2.45, 2.75) is 12.5 Å². The Hall–Kier alpha value is -2.44. The molecule has 3 rings (SSSR count). The number of urea groups is 1. The highest BCUT2D eigenvalue weighted by atomic mass is 32.3. The summed E-state index contributed by atoms with van der Waals surface area (Å²) in [6.07, 6.45) is 3.20. The average molecular weight is 343 g/mol. The second-order valence-electron chi connectivity index (χ2n) is 5.11. The number of nitrogens with zero attached hydrogens (tertiary/aromatic N) is 4. The van der Waals surface area contributed by atoms with Crippen LogP contribution in [0.15, 0.2) is 18.3 Å². The standard InChI is InChI=1S/C11H13N5O6S/c12-10(17)3-7-1-2-15(13-7)8-4-9-6-14(5-8)11(18)16(9)22-23(19,20)21/h1-2,4,9H,3,5-6H2,(H2,12,17)(H,19,20,21). The van der Waals surface area contributed by atoms with Crippen LogP contribution >= 0.6 is 0 Å². The molecule has 12 heteroatoms. The fourth-order valence-corrected chi connectivity index (χ4v) is 2.89. The lowest BCUT2D eigenvalue weighted by molar-refractivity contribution is -0.117. The highest BCUT2D eigenvalue weighted by molar-refractivity contribution is 7.80. The van der Waals surface area contributed by atoms with Crippen LogP contribution in [0.5, 0.6) is 0 Å². The highest BCUT2D eigenvalue weighted by Gasteiger charge is 2.43. The van der Waals surface area contributed by atoms with Crippen LogP contribution in [-0.2, 0) is 25.9 Å². The van der Waals surface area contributed by atoms with E-state index in [0.717, 1.165) is 0 Å². The summed E-state index contributed by atoms with van der Waals surface area (Å²) in [6, 6.07) is 0.256. The third-order valence-corrected chi connectivity index (χ3v) is 3.72. The number of hydrogen-bond acceptors (Lipinski definition) is 6. The molecular formula is C11H13N5O6S. The van der Waals surface area contributed by atoms with Gasteiger partial charge in [0.15, 0.2) is 0 Å². The molecule has 1 unspecified atom stereocenters. The van der Waals surface area contributed by atoms with E-state index in [1.54, 1.807) is 18.3 Å². The van der Waals surface area contributed by atoms with Gasteiger partial charge in [-0.05, 0) is 12.1 Å². The van der Waals surface area contributed by atoms with E-state index >= 15 is 0 Å². The number of nitrogens with two attached hydrogens (primary N) is 1. The molecule has 0 spiro atoms. The molecule has 0 aliphatic carbocycles. The van der Waals surface area contributed by atoms with Crippen molar-refractivity contribution in [3.63, 3.8) is 0 Å². The van der Waals surface area contributed by atoms with Gasteiger partial charge < -0.3 is 10.6 Å². The summed E-state index contributed by atoms with van der Waals surface area (Å²) in [4.78, 5) is 24.3. The molecular weight excluding hydrogens is 330 g/mol. The predicted molar refractivity (Wildman–Crippen MR) is 74.6 cm³/mol. The van der Waals surface area contributed by atoms with Crippen LogP contribution < -0.4 is 5.73 Å². The van der Waals surface area contributed by atoms with Crippen LogP contribution in [-0.4, -0.2) is 63.8 Å². The summed E-state index contributed by atoms with van der Waals surface area (Å²) in [5.41, 5.74) is 6.18. The van der Waals surface area contributed by atoms with Gasteiger partial charge in [-0.3, -0.25) is 9.35 Å². The van der Waals surface area contributed by atoms with Gasteiger partial charge >= 0.3 is 16.4 Å². The van der Waals surface area contributed by atoms with Gasteiger partial charge in [-0.15, -0.1) is 4.28 Å². The second-order valence-corrected chi connectivity index (χ2v) is 6.12. The van der Waals surface area contributed by atoms with E-state index < -0.39 is 28.4 Å². The van der Waals surface area contributed by atoms with E-state index in [1.165, 1.54) is 9.58 Å². The van der Waals surface area contributed by atoms with E-state index in [4.69, 9.17) is 10.3 Å². The molecule has 23 heavy (non-hydrogen) atoms. The van der Waals surface area contributed by atoms with Crippen molar-refractivity contribution >= 4 is 28.0 Å². The molecule has 2 bridgehead atoms. The minimum absolute atomic E-state index is 0.00958. The van der Waals surface area contributed by atoms with E-state index in [0.29, 0.717) is 16.5 Å². The Labute approximate surface area is 130 Å². The lowest BCUT2D eigenvalue weighted by Gasteiger charge is -2.21. The molecule has 2 aliphatic rings. The zero-order valence-electron chi connectivity index (χ0n) is 11.7. The first-order chi connectivity index (χ1) is 10.7. The SMILES string of the molecule is NC(=O)Cc1ccn(C2=CC3CN(C2)C(=O)N3OS(=O)(=O)O)n1. The van der Waals surface area contributed by atoms with Gasteiger partial charge in [0.25, 0.3) is 0 Å². The van der Waals surface area contributed by atoms with Crippen LogP contribution in [0.1, 0.15) is 5.69 Å². The third-order valence-electron chi connectivity index (χ3n) is 3.37. The number of hydroxylamine groups is 2. The smallest absolute Gasteiger partial charge is 0.369 e. The zero-order chi connectivity index (χ0) is 16.8. The molecule has 2 aliphatic heterocycles. The number of rotatable bonds is 5. The molecule has 124 valence electrons. The molecule has 1 fully saturated rings. The van der Waals surface area contributed by atoms with Crippen LogP contribution in [0.3, 0.4) is 0 Å². The van der Waals surface area contributed by atoms with Crippen molar-refractivity contribution < 1.29 is 26.8 Å². The van der Waals surface area contributed by atoms with Gasteiger partial charge in [0.1, 0.15) is 6.04 Å². The Bertz CT molecular complexity index is 800. The lowest BCUT2D eigenvalue weighted by Crippen LogP contribution is -2.35. The first kappa shape index (κ1) is 15.5. The number of carbonyl (C=O) groups is 2. The summed E-state index contributed by atoms with van der Waals surface area (Å²) in [7, 11) is -4.80. The molecule has 0 aromatic carbocycles. The van der Waals surface area contributed by atoms with Crippen LogP contribution in [0, 0.1) is 0 Å². The van der Waals surface area contributed by atoms with E-state index in [9.17, 15) is 18.0 Å². The lowest BCUT2D eigenvalue weighted by atomic mass is 10.2. The summed E-state index contributed by atoms with van der Waals surface area (Å²) in [6.45, 7) is 0.408. The number of carbonyl (C=O) groups excluding carboxylic acids is 2. The van der Waals surface area contributed by atoms with Crippen molar-refractivity contribution in [2.75, 3.05) is 13.1 Å². The van der Waals surface area contributed by atoms with E-state index in [1.807, 2.05) is 0 Å². The average Bonchev–Trinajstić information content (AvgIpc) is 2.97. The number of aromatic nitrogens is 2. The van der Waals surface area contributed by atoms with Crippen molar-refractivity contribution in [1.29, 1.82) is 0 Å². The minimum atomic E-state index is -4.80.